The maximum absolute atomic E-state index is 6.05. The van der Waals surface area contributed by atoms with E-state index < -0.39 is 0 Å². The van der Waals surface area contributed by atoms with Gasteiger partial charge in [0.15, 0.2) is 5.82 Å². The van der Waals surface area contributed by atoms with E-state index in [1.165, 1.54) is 63.4 Å². The van der Waals surface area contributed by atoms with Gasteiger partial charge >= 0.3 is 0 Å². The molecule has 1 heterocycles. The molecule has 0 radical (unpaired) electrons. The van der Waals surface area contributed by atoms with Gasteiger partial charge in [-0.25, -0.2) is 9.97 Å². The Hall–Kier alpha value is -2.16. The predicted molar refractivity (Wildman–Crippen MR) is 128 cm³/mol. The lowest BCUT2D eigenvalue weighted by atomic mass is 10.1. The molecule has 0 aliphatic heterocycles. The van der Waals surface area contributed by atoms with E-state index in [0.29, 0.717) is 6.61 Å². The smallest absolute Gasteiger partial charge is 0.162 e. The first-order valence-corrected chi connectivity index (χ1v) is 12.0. The molecule has 0 N–H and O–H groups in total. The zero-order valence-electron chi connectivity index (χ0n) is 19.1. The van der Waals surface area contributed by atoms with Gasteiger partial charge in [-0.3, -0.25) is 0 Å². The number of rotatable bonds is 16. The number of benzene rings is 1. The predicted octanol–water partition coefficient (Wildman–Crippen LogP) is 7.95. The first kappa shape index (κ1) is 24.1. The van der Waals surface area contributed by atoms with Crippen LogP contribution >= 0.6 is 0 Å². The van der Waals surface area contributed by atoms with E-state index in [2.05, 4.69) is 36.0 Å². The van der Waals surface area contributed by atoms with Crippen molar-refractivity contribution in [1.29, 1.82) is 0 Å². The molecule has 0 saturated carbocycles. The summed E-state index contributed by atoms with van der Waals surface area (Å²) in [5.41, 5.74) is 2.20. The van der Waals surface area contributed by atoms with Crippen LogP contribution in [0.3, 0.4) is 0 Å². The van der Waals surface area contributed by atoms with Crippen molar-refractivity contribution in [3.63, 3.8) is 0 Å². The molecule has 3 nitrogen and oxygen atoms in total. The van der Waals surface area contributed by atoms with Crippen molar-refractivity contribution >= 4 is 0 Å². The molecule has 0 amide bonds. The van der Waals surface area contributed by atoms with Crippen molar-refractivity contribution in [3.8, 4) is 17.1 Å². The van der Waals surface area contributed by atoms with Crippen LogP contribution in [0.1, 0.15) is 90.0 Å². The number of ether oxygens (including phenoxy) is 1. The van der Waals surface area contributed by atoms with Crippen LogP contribution in [-0.4, -0.2) is 16.6 Å². The number of para-hydroxylation sites is 1. The molecule has 3 heteroatoms. The lowest BCUT2D eigenvalue weighted by Crippen LogP contribution is -2.00. The standard InChI is InChI=1S/C27H40N2O/c1-3-5-7-9-11-13-17-21-30-26-20-16-15-19-25(26)27-28-22-24(23-29-27)18-14-12-10-8-6-4-2/h9,11,15-16,19-20,22-23H,3-8,10,12-14,17-18,21H2,1-2H3. The fourth-order valence-corrected chi connectivity index (χ4v) is 3.45. The van der Waals surface area contributed by atoms with Crippen LogP contribution in [0.4, 0.5) is 0 Å². The molecule has 0 aliphatic rings. The topological polar surface area (TPSA) is 35.0 Å². The van der Waals surface area contributed by atoms with E-state index in [9.17, 15) is 0 Å². The van der Waals surface area contributed by atoms with E-state index >= 15 is 0 Å². The number of unbranched alkanes of at least 4 members (excludes halogenated alkanes) is 8. The van der Waals surface area contributed by atoms with Crippen LogP contribution in [0.25, 0.3) is 11.4 Å². The lowest BCUT2D eigenvalue weighted by Gasteiger charge is -2.10. The zero-order chi connectivity index (χ0) is 21.3. The summed E-state index contributed by atoms with van der Waals surface area (Å²) in [7, 11) is 0. The summed E-state index contributed by atoms with van der Waals surface area (Å²) in [4.78, 5) is 9.24. The van der Waals surface area contributed by atoms with Gasteiger partial charge in [0, 0.05) is 12.4 Å². The van der Waals surface area contributed by atoms with Crippen molar-refractivity contribution < 1.29 is 4.74 Å². The van der Waals surface area contributed by atoms with E-state index in [1.807, 2.05) is 36.7 Å². The van der Waals surface area contributed by atoms with Crippen molar-refractivity contribution in [2.45, 2.75) is 90.9 Å². The Labute approximate surface area is 184 Å². The highest BCUT2D eigenvalue weighted by molar-refractivity contribution is 5.63. The van der Waals surface area contributed by atoms with Crippen LogP contribution in [0, 0.1) is 0 Å². The Morgan fingerprint density at radius 2 is 1.43 bits per heavy atom. The Morgan fingerprint density at radius 1 is 0.767 bits per heavy atom. The van der Waals surface area contributed by atoms with Gasteiger partial charge in [-0.05, 0) is 49.8 Å². The van der Waals surface area contributed by atoms with E-state index in [1.54, 1.807) is 0 Å². The summed E-state index contributed by atoms with van der Waals surface area (Å²) in [6.45, 7) is 5.20. The van der Waals surface area contributed by atoms with Crippen LogP contribution in [0.2, 0.25) is 0 Å². The van der Waals surface area contributed by atoms with Crippen LogP contribution < -0.4 is 4.74 Å². The van der Waals surface area contributed by atoms with Gasteiger partial charge in [0.05, 0.1) is 12.2 Å². The summed E-state index contributed by atoms with van der Waals surface area (Å²) in [5, 5.41) is 0. The van der Waals surface area contributed by atoms with Crippen LogP contribution in [0.15, 0.2) is 48.8 Å². The first-order valence-electron chi connectivity index (χ1n) is 12.0. The second-order valence-electron chi connectivity index (χ2n) is 8.03. The number of allylic oxidation sites excluding steroid dienone is 2. The van der Waals surface area contributed by atoms with Gasteiger partial charge in [0.1, 0.15) is 5.75 Å². The van der Waals surface area contributed by atoms with Gasteiger partial charge in [0.25, 0.3) is 0 Å². The monoisotopic (exact) mass is 408 g/mol. The van der Waals surface area contributed by atoms with Gasteiger partial charge in [-0.15, -0.1) is 0 Å². The Balaban J connectivity index is 1.79. The van der Waals surface area contributed by atoms with E-state index in [0.717, 1.165) is 36.4 Å². The van der Waals surface area contributed by atoms with Crippen LogP contribution in [0.5, 0.6) is 5.75 Å². The molecule has 0 atom stereocenters. The highest BCUT2D eigenvalue weighted by Gasteiger charge is 2.08. The molecule has 0 saturated heterocycles. The third-order valence-electron chi connectivity index (χ3n) is 5.32. The minimum Gasteiger partial charge on any atom is -0.493 e. The fourth-order valence-electron chi connectivity index (χ4n) is 3.45. The van der Waals surface area contributed by atoms with Gasteiger partial charge in [-0.2, -0.15) is 0 Å². The molecule has 0 fully saturated rings. The minimum absolute atomic E-state index is 0.714. The molecular formula is C27H40N2O. The molecule has 1 aromatic heterocycles. The normalized spacial score (nSPS) is 11.3. The van der Waals surface area contributed by atoms with Crippen LogP contribution in [-0.2, 0) is 6.42 Å². The van der Waals surface area contributed by atoms with Gasteiger partial charge in [0.2, 0.25) is 0 Å². The van der Waals surface area contributed by atoms with E-state index in [4.69, 9.17) is 4.74 Å². The Morgan fingerprint density at radius 3 is 2.20 bits per heavy atom. The quantitative estimate of drug-likeness (QED) is 0.209. The van der Waals surface area contributed by atoms with Crippen molar-refractivity contribution in [1.82, 2.24) is 9.97 Å². The highest BCUT2D eigenvalue weighted by Crippen LogP contribution is 2.27. The van der Waals surface area contributed by atoms with Crippen molar-refractivity contribution in [3.05, 3.63) is 54.4 Å². The molecule has 0 aliphatic carbocycles. The zero-order valence-corrected chi connectivity index (χ0v) is 19.1. The number of hydrogen-bond acceptors (Lipinski definition) is 3. The number of aryl methyl sites for hydroxylation is 1. The summed E-state index contributed by atoms with van der Waals surface area (Å²) in [5.74, 6) is 1.62. The SMILES string of the molecule is CCCCC=CCCCOc1ccccc1-c1ncc(CCCCCCCC)cn1. The summed E-state index contributed by atoms with van der Waals surface area (Å²) in [6.07, 6.45) is 23.3. The molecule has 1 aromatic carbocycles. The largest absolute Gasteiger partial charge is 0.493 e. The van der Waals surface area contributed by atoms with Gasteiger partial charge < -0.3 is 4.74 Å². The lowest BCUT2D eigenvalue weighted by molar-refractivity contribution is 0.313. The number of aromatic nitrogens is 2. The molecule has 0 unspecified atom stereocenters. The fraction of sp³-hybridized carbons (Fsp3) is 0.556. The molecule has 2 rings (SSSR count). The molecule has 0 bridgehead atoms. The minimum atomic E-state index is 0.714. The second-order valence-corrected chi connectivity index (χ2v) is 8.03. The first-order chi connectivity index (χ1) is 14.8. The van der Waals surface area contributed by atoms with Crippen molar-refractivity contribution in [2.24, 2.45) is 0 Å². The average molecular weight is 409 g/mol. The van der Waals surface area contributed by atoms with Gasteiger partial charge in [-0.1, -0.05) is 83.1 Å². The van der Waals surface area contributed by atoms with E-state index in [-0.39, 0.29) is 0 Å². The number of nitrogens with zero attached hydrogens (tertiary/aromatic N) is 2. The molecule has 0 spiro atoms. The summed E-state index contributed by atoms with van der Waals surface area (Å²) >= 11 is 0. The third kappa shape index (κ3) is 9.56. The Bertz CT molecular complexity index is 709. The average Bonchev–Trinajstić information content (AvgIpc) is 2.79. The molecule has 2 aromatic rings. The highest BCUT2D eigenvalue weighted by atomic mass is 16.5. The summed E-state index contributed by atoms with van der Waals surface area (Å²) in [6, 6.07) is 8.09. The molecular weight excluding hydrogens is 368 g/mol. The molecule has 164 valence electrons. The maximum Gasteiger partial charge on any atom is 0.162 e. The Kier molecular flexibility index (Phi) is 12.6. The number of hydrogen-bond donors (Lipinski definition) is 0. The maximum atomic E-state index is 6.05. The summed E-state index contributed by atoms with van der Waals surface area (Å²) < 4.78 is 6.05. The van der Waals surface area contributed by atoms with Crippen molar-refractivity contribution in [2.75, 3.05) is 6.61 Å². The third-order valence-corrected chi connectivity index (χ3v) is 5.32. The molecule has 30 heavy (non-hydrogen) atoms. The second kappa shape index (κ2) is 15.6.